The van der Waals surface area contributed by atoms with Crippen molar-refractivity contribution < 1.29 is 0 Å². The lowest BCUT2D eigenvalue weighted by atomic mass is 10.4. The van der Waals surface area contributed by atoms with Gasteiger partial charge in [0, 0.05) is 51.3 Å². The van der Waals surface area contributed by atoms with Gasteiger partial charge in [-0.25, -0.2) is 9.97 Å². The van der Waals surface area contributed by atoms with Gasteiger partial charge in [0.25, 0.3) is 0 Å². The zero-order valence-corrected chi connectivity index (χ0v) is 9.72. The van der Waals surface area contributed by atoms with Crippen LogP contribution in [0.4, 0.5) is 5.95 Å². The molecular formula is C11H17N5. The SMILES string of the molecule is CCn1ccnc1NCCc1nccn1C. The number of hydrogen-bond acceptors (Lipinski definition) is 3. The molecule has 2 rings (SSSR count). The van der Waals surface area contributed by atoms with E-state index in [1.807, 2.05) is 36.4 Å². The van der Waals surface area contributed by atoms with Gasteiger partial charge in [-0.1, -0.05) is 0 Å². The molecular weight excluding hydrogens is 202 g/mol. The Hall–Kier alpha value is -1.78. The minimum absolute atomic E-state index is 0.849. The van der Waals surface area contributed by atoms with Crippen molar-refractivity contribution in [3.63, 3.8) is 0 Å². The fraction of sp³-hybridized carbons (Fsp3) is 0.455. The van der Waals surface area contributed by atoms with Crippen LogP contribution in [0.25, 0.3) is 0 Å². The summed E-state index contributed by atoms with van der Waals surface area (Å²) in [6.07, 6.45) is 8.47. The van der Waals surface area contributed by atoms with E-state index < -0.39 is 0 Å². The van der Waals surface area contributed by atoms with Gasteiger partial charge in [-0.05, 0) is 6.92 Å². The van der Waals surface area contributed by atoms with Crippen molar-refractivity contribution in [2.45, 2.75) is 19.9 Å². The largest absolute Gasteiger partial charge is 0.355 e. The maximum absolute atomic E-state index is 4.27. The molecule has 2 aromatic rings. The average Bonchev–Trinajstić information content (AvgIpc) is 2.88. The number of rotatable bonds is 5. The lowest BCUT2D eigenvalue weighted by Crippen LogP contribution is -2.12. The van der Waals surface area contributed by atoms with E-state index in [1.165, 1.54) is 0 Å². The Bertz CT molecular complexity index is 443. The smallest absolute Gasteiger partial charge is 0.202 e. The number of hydrogen-bond donors (Lipinski definition) is 1. The molecule has 0 unspecified atom stereocenters. The van der Waals surface area contributed by atoms with E-state index in [9.17, 15) is 0 Å². The predicted octanol–water partition coefficient (Wildman–Crippen LogP) is 1.29. The number of nitrogens with zero attached hydrogens (tertiary/aromatic N) is 4. The normalized spacial score (nSPS) is 10.6. The fourth-order valence-corrected chi connectivity index (χ4v) is 1.66. The molecule has 0 spiro atoms. The van der Waals surface area contributed by atoms with E-state index >= 15 is 0 Å². The van der Waals surface area contributed by atoms with Crippen molar-refractivity contribution in [3.8, 4) is 0 Å². The standard InChI is InChI=1S/C11H17N5/c1-3-16-9-7-14-11(16)13-5-4-10-12-6-8-15(10)2/h6-9H,3-5H2,1-2H3,(H,13,14). The van der Waals surface area contributed by atoms with Gasteiger partial charge in [-0.2, -0.15) is 0 Å². The first-order valence-corrected chi connectivity index (χ1v) is 5.52. The second-order valence-electron chi connectivity index (χ2n) is 3.67. The summed E-state index contributed by atoms with van der Waals surface area (Å²) < 4.78 is 4.12. The molecule has 5 nitrogen and oxygen atoms in total. The Labute approximate surface area is 95.1 Å². The Kier molecular flexibility index (Phi) is 3.24. The first kappa shape index (κ1) is 10.7. The molecule has 5 heteroatoms. The molecule has 2 heterocycles. The quantitative estimate of drug-likeness (QED) is 0.824. The molecule has 86 valence electrons. The molecule has 16 heavy (non-hydrogen) atoms. The molecule has 0 atom stereocenters. The van der Waals surface area contributed by atoms with Gasteiger partial charge in [-0.3, -0.25) is 0 Å². The zero-order chi connectivity index (χ0) is 11.4. The maximum atomic E-state index is 4.27. The van der Waals surface area contributed by atoms with Crippen LogP contribution >= 0.6 is 0 Å². The number of nitrogens with one attached hydrogen (secondary N) is 1. The molecule has 0 bridgehead atoms. The minimum Gasteiger partial charge on any atom is -0.355 e. The van der Waals surface area contributed by atoms with Crippen LogP contribution in [0.5, 0.6) is 0 Å². The molecule has 0 saturated heterocycles. The van der Waals surface area contributed by atoms with Crippen molar-refractivity contribution in [1.82, 2.24) is 19.1 Å². The summed E-state index contributed by atoms with van der Waals surface area (Å²) in [6.45, 7) is 3.89. The van der Waals surface area contributed by atoms with Crippen molar-refractivity contribution in [1.29, 1.82) is 0 Å². The van der Waals surface area contributed by atoms with Gasteiger partial charge < -0.3 is 14.5 Å². The molecule has 2 aromatic heterocycles. The second kappa shape index (κ2) is 4.83. The van der Waals surface area contributed by atoms with Crippen LogP contribution in [-0.4, -0.2) is 25.6 Å². The Balaban J connectivity index is 1.87. The van der Waals surface area contributed by atoms with Crippen LogP contribution in [0.3, 0.4) is 0 Å². The lowest BCUT2D eigenvalue weighted by molar-refractivity contribution is 0.750. The zero-order valence-electron chi connectivity index (χ0n) is 9.72. The number of anilines is 1. The van der Waals surface area contributed by atoms with Gasteiger partial charge in [0.1, 0.15) is 5.82 Å². The van der Waals surface area contributed by atoms with E-state index in [-0.39, 0.29) is 0 Å². The van der Waals surface area contributed by atoms with Crippen molar-refractivity contribution >= 4 is 5.95 Å². The molecule has 0 radical (unpaired) electrons. The summed E-state index contributed by atoms with van der Waals surface area (Å²) in [5.41, 5.74) is 0. The monoisotopic (exact) mass is 219 g/mol. The van der Waals surface area contributed by atoms with E-state index in [0.29, 0.717) is 0 Å². The Morgan fingerprint density at radius 1 is 1.25 bits per heavy atom. The molecule has 0 aliphatic rings. The van der Waals surface area contributed by atoms with Gasteiger partial charge in [0.05, 0.1) is 0 Å². The van der Waals surface area contributed by atoms with Crippen LogP contribution in [0.2, 0.25) is 0 Å². The van der Waals surface area contributed by atoms with Crippen molar-refractivity contribution in [3.05, 3.63) is 30.6 Å². The van der Waals surface area contributed by atoms with Gasteiger partial charge >= 0.3 is 0 Å². The molecule has 0 saturated carbocycles. The van der Waals surface area contributed by atoms with Crippen molar-refractivity contribution in [2.24, 2.45) is 7.05 Å². The van der Waals surface area contributed by atoms with Crippen LogP contribution in [-0.2, 0) is 20.0 Å². The van der Waals surface area contributed by atoms with Crippen molar-refractivity contribution in [2.75, 3.05) is 11.9 Å². The summed E-state index contributed by atoms with van der Waals surface area (Å²) in [5, 5.41) is 3.31. The lowest BCUT2D eigenvalue weighted by Gasteiger charge is -2.07. The van der Waals surface area contributed by atoms with Crippen LogP contribution < -0.4 is 5.32 Å². The van der Waals surface area contributed by atoms with Crippen LogP contribution in [0, 0.1) is 0 Å². The van der Waals surface area contributed by atoms with E-state index in [1.54, 1.807) is 0 Å². The highest BCUT2D eigenvalue weighted by Gasteiger charge is 2.01. The summed E-state index contributed by atoms with van der Waals surface area (Å²) in [4.78, 5) is 8.53. The van der Waals surface area contributed by atoms with Crippen LogP contribution in [0.15, 0.2) is 24.8 Å². The highest BCUT2D eigenvalue weighted by Crippen LogP contribution is 2.04. The van der Waals surface area contributed by atoms with Crippen LogP contribution in [0.1, 0.15) is 12.7 Å². The summed E-state index contributed by atoms with van der Waals surface area (Å²) in [6, 6.07) is 0. The highest BCUT2D eigenvalue weighted by atomic mass is 15.2. The maximum Gasteiger partial charge on any atom is 0.202 e. The van der Waals surface area contributed by atoms with Gasteiger partial charge in [0.15, 0.2) is 0 Å². The Morgan fingerprint density at radius 2 is 2.06 bits per heavy atom. The molecule has 1 N–H and O–H groups in total. The molecule has 0 aliphatic carbocycles. The number of imidazole rings is 2. The number of aromatic nitrogens is 4. The highest BCUT2D eigenvalue weighted by molar-refractivity contribution is 5.25. The van der Waals surface area contributed by atoms with Gasteiger partial charge in [-0.15, -0.1) is 0 Å². The Morgan fingerprint density at radius 3 is 2.75 bits per heavy atom. The van der Waals surface area contributed by atoms with E-state index in [0.717, 1.165) is 31.3 Å². The summed E-state index contributed by atoms with van der Waals surface area (Å²) >= 11 is 0. The molecule has 0 aromatic carbocycles. The number of aryl methyl sites for hydroxylation is 2. The van der Waals surface area contributed by atoms with E-state index in [4.69, 9.17) is 0 Å². The third kappa shape index (κ3) is 2.24. The molecule has 0 fully saturated rings. The molecule has 0 amide bonds. The average molecular weight is 219 g/mol. The summed E-state index contributed by atoms with van der Waals surface area (Å²) in [5.74, 6) is 2.01. The fourth-order valence-electron chi connectivity index (χ4n) is 1.66. The van der Waals surface area contributed by atoms with Gasteiger partial charge in [0.2, 0.25) is 5.95 Å². The first-order valence-electron chi connectivity index (χ1n) is 5.52. The summed E-state index contributed by atoms with van der Waals surface area (Å²) in [7, 11) is 2.01. The van der Waals surface area contributed by atoms with E-state index in [2.05, 4.69) is 26.8 Å². The third-order valence-electron chi connectivity index (χ3n) is 2.61. The molecule has 0 aliphatic heterocycles. The second-order valence-corrected chi connectivity index (χ2v) is 3.67. The predicted molar refractivity (Wildman–Crippen MR) is 63.3 cm³/mol. The minimum atomic E-state index is 0.849. The topological polar surface area (TPSA) is 47.7 Å². The first-order chi connectivity index (χ1) is 7.81. The third-order valence-corrected chi connectivity index (χ3v) is 2.61.